The van der Waals surface area contributed by atoms with Crippen molar-refractivity contribution in [2.24, 2.45) is 0 Å². The Morgan fingerprint density at radius 2 is 0.889 bits per heavy atom. The molecule has 1 aromatic heterocycles. The van der Waals surface area contributed by atoms with Crippen LogP contribution in [0.25, 0.3) is 87.3 Å². The van der Waals surface area contributed by atoms with Crippen LogP contribution in [0, 0.1) is 0 Å². The predicted molar refractivity (Wildman–Crippen MR) is 229 cm³/mol. The smallest absolute Gasteiger partial charge is 0.143 e. The molecular formula is C52H33NO. The molecule has 0 N–H and O–H groups in total. The summed E-state index contributed by atoms with van der Waals surface area (Å²) in [5, 5.41) is 12.2. The van der Waals surface area contributed by atoms with Crippen molar-refractivity contribution in [2.75, 3.05) is 4.90 Å². The van der Waals surface area contributed by atoms with Crippen molar-refractivity contribution < 1.29 is 4.42 Å². The van der Waals surface area contributed by atoms with Crippen molar-refractivity contribution in [3.63, 3.8) is 0 Å². The molecule has 2 nitrogen and oxygen atoms in total. The Labute approximate surface area is 312 Å². The minimum atomic E-state index is 0.914. The summed E-state index contributed by atoms with van der Waals surface area (Å²) in [5.74, 6) is 0. The highest BCUT2D eigenvalue weighted by molar-refractivity contribution is 6.23. The number of anilines is 3. The van der Waals surface area contributed by atoms with Crippen LogP contribution in [0.4, 0.5) is 17.1 Å². The molecule has 0 saturated carbocycles. The SMILES string of the molecule is c1ccc(-c2ccc(N(c3ccc(-c4cc5ccc6ccccc6c5c5ccccc45)cc3)c3ccc4c(ccc5c6ccccc6oc45)c3)cc2)cc1. The van der Waals surface area contributed by atoms with Gasteiger partial charge in [-0.2, -0.15) is 0 Å². The Balaban J connectivity index is 1.05. The fourth-order valence-electron chi connectivity index (χ4n) is 8.43. The van der Waals surface area contributed by atoms with Crippen LogP contribution in [0.1, 0.15) is 0 Å². The molecule has 1 heterocycles. The van der Waals surface area contributed by atoms with Crippen LogP contribution in [-0.4, -0.2) is 0 Å². The van der Waals surface area contributed by atoms with E-state index in [1.807, 2.05) is 12.1 Å². The summed E-state index contributed by atoms with van der Waals surface area (Å²) in [6.45, 7) is 0. The normalized spacial score (nSPS) is 11.7. The average molecular weight is 688 g/mol. The van der Waals surface area contributed by atoms with Gasteiger partial charge in [-0.25, -0.2) is 0 Å². The molecule has 0 saturated heterocycles. The summed E-state index contributed by atoms with van der Waals surface area (Å²) >= 11 is 0. The standard InChI is InChI=1S/C52H33NO/c1-2-10-34(11-3-1)35-20-25-40(26-21-35)53(42-29-31-44-38(32-42)24-30-48-46-15-8-9-17-50(46)54-52(44)48)41-27-22-37(23-28-41)49-33-39-19-18-36-12-4-5-13-43(36)51(39)47-16-7-6-14-45(47)49/h1-33H. The zero-order chi connectivity index (χ0) is 35.6. The van der Waals surface area contributed by atoms with Gasteiger partial charge in [-0.15, -0.1) is 0 Å². The number of hydrogen-bond donors (Lipinski definition) is 0. The van der Waals surface area contributed by atoms with Crippen molar-refractivity contribution in [1.29, 1.82) is 0 Å². The third kappa shape index (κ3) is 4.88. The first-order valence-corrected chi connectivity index (χ1v) is 18.5. The predicted octanol–water partition coefficient (Wildman–Crippen LogP) is 15.0. The molecule has 0 amide bonds. The van der Waals surface area contributed by atoms with Gasteiger partial charge in [-0.1, -0.05) is 140 Å². The molecule has 0 aliphatic heterocycles. The second-order valence-corrected chi connectivity index (χ2v) is 14.1. The van der Waals surface area contributed by atoms with E-state index in [0.717, 1.165) is 49.8 Å². The average Bonchev–Trinajstić information content (AvgIpc) is 3.63. The van der Waals surface area contributed by atoms with Crippen molar-refractivity contribution in [2.45, 2.75) is 0 Å². The van der Waals surface area contributed by atoms with Gasteiger partial charge in [0.1, 0.15) is 11.2 Å². The molecule has 11 aromatic rings. The van der Waals surface area contributed by atoms with Crippen molar-refractivity contribution in [3.8, 4) is 22.3 Å². The zero-order valence-corrected chi connectivity index (χ0v) is 29.4. The lowest BCUT2D eigenvalue weighted by atomic mass is 9.90. The number of rotatable bonds is 5. The van der Waals surface area contributed by atoms with Crippen molar-refractivity contribution >= 4 is 82.1 Å². The monoisotopic (exact) mass is 687 g/mol. The Kier molecular flexibility index (Phi) is 6.90. The maximum atomic E-state index is 6.41. The van der Waals surface area contributed by atoms with E-state index in [-0.39, 0.29) is 0 Å². The Morgan fingerprint density at radius 1 is 0.315 bits per heavy atom. The molecule has 0 bridgehead atoms. The minimum Gasteiger partial charge on any atom is -0.455 e. The maximum absolute atomic E-state index is 6.41. The molecule has 54 heavy (non-hydrogen) atoms. The maximum Gasteiger partial charge on any atom is 0.143 e. The van der Waals surface area contributed by atoms with Crippen LogP contribution in [0.2, 0.25) is 0 Å². The fraction of sp³-hybridized carbons (Fsp3) is 0. The van der Waals surface area contributed by atoms with Crippen LogP contribution in [0.5, 0.6) is 0 Å². The van der Waals surface area contributed by atoms with Crippen LogP contribution >= 0.6 is 0 Å². The molecular weight excluding hydrogens is 655 g/mol. The highest BCUT2D eigenvalue weighted by atomic mass is 16.3. The Hall–Kier alpha value is -7.16. The molecule has 0 spiro atoms. The fourth-order valence-corrected chi connectivity index (χ4v) is 8.43. The van der Waals surface area contributed by atoms with Crippen molar-refractivity contribution in [1.82, 2.24) is 0 Å². The van der Waals surface area contributed by atoms with Crippen LogP contribution in [-0.2, 0) is 0 Å². The first-order chi connectivity index (χ1) is 26.8. The highest BCUT2D eigenvalue weighted by Crippen LogP contribution is 2.42. The molecule has 11 rings (SSSR count). The third-order valence-corrected chi connectivity index (χ3v) is 11.0. The van der Waals surface area contributed by atoms with Gasteiger partial charge in [-0.3, -0.25) is 0 Å². The summed E-state index contributed by atoms with van der Waals surface area (Å²) in [5.41, 5.74) is 9.93. The second kappa shape index (κ2) is 12.2. The minimum absolute atomic E-state index is 0.914. The van der Waals surface area contributed by atoms with Gasteiger partial charge in [0.2, 0.25) is 0 Å². The molecule has 2 heteroatoms. The topological polar surface area (TPSA) is 16.4 Å². The molecule has 252 valence electrons. The van der Waals surface area contributed by atoms with Gasteiger partial charge >= 0.3 is 0 Å². The zero-order valence-electron chi connectivity index (χ0n) is 29.4. The molecule has 10 aromatic carbocycles. The summed E-state index contributed by atoms with van der Waals surface area (Å²) in [6, 6.07) is 72.3. The Bertz CT molecular complexity index is 3190. The quantitative estimate of drug-likeness (QED) is 0.168. The number of para-hydroxylation sites is 1. The van der Waals surface area contributed by atoms with E-state index >= 15 is 0 Å². The van der Waals surface area contributed by atoms with Gasteiger partial charge < -0.3 is 9.32 Å². The van der Waals surface area contributed by atoms with E-state index in [1.54, 1.807) is 0 Å². The van der Waals surface area contributed by atoms with Gasteiger partial charge in [-0.05, 0) is 121 Å². The lowest BCUT2D eigenvalue weighted by molar-refractivity contribution is 0.672. The van der Waals surface area contributed by atoms with E-state index < -0.39 is 0 Å². The van der Waals surface area contributed by atoms with Gasteiger partial charge in [0, 0.05) is 33.2 Å². The molecule has 0 atom stereocenters. The van der Waals surface area contributed by atoms with Gasteiger partial charge in [0.15, 0.2) is 0 Å². The molecule has 0 aliphatic carbocycles. The van der Waals surface area contributed by atoms with E-state index in [1.165, 1.54) is 54.6 Å². The number of hydrogen-bond acceptors (Lipinski definition) is 2. The van der Waals surface area contributed by atoms with E-state index in [0.29, 0.717) is 0 Å². The number of furan rings is 1. The van der Waals surface area contributed by atoms with Gasteiger partial charge in [0.05, 0.1) is 0 Å². The lowest BCUT2D eigenvalue weighted by Gasteiger charge is -2.26. The highest BCUT2D eigenvalue weighted by Gasteiger charge is 2.17. The number of fused-ring (bicyclic) bond motifs is 10. The molecule has 0 aliphatic rings. The van der Waals surface area contributed by atoms with E-state index in [4.69, 9.17) is 4.42 Å². The van der Waals surface area contributed by atoms with Gasteiger partial charge in [0.25, 0.3) is 0 Å². The van der Waals surface area contributed by atoms with Crippen LogP contribution in [0.3, 0.4) is 0 Å². The Morgan fingerprint density at radius 3 is 1.69 bits per heavy atom. The van der Waals surface area contributed by atoms with Crippen LogP contribution in [0.15, 0.2) is 205 Å². The molecule has 0 radical (unpaired) electrons. The summed E-state index contributed by atoms with van der Waals surface area (Å²) < 4.78 is 6.41. The van der Waals surface area contributed by atoms with Crippen molar-refractivity contribution in [3.05, 3.63) is 200 Å². The third-order valence-electron chi connectivity index (χ3n) is 11.0. The first-order valence-electron chi connectivity index (χ1n) is 18.5. The molecule has 0 unspecified atom stereocenters. The van der Waals surface area contributed by atoms with E-state index in [9.17, 15) is 0 Å². The summed E-state index contributed by atoms with van der Waals surface area (Å²) in [6.07, 6.45) is 0. The second-order valence-electron chi connectivity index (χ2n) is 14.1. The summed E-state index contributed by atoms with van der Waals surface area (Å²) in [7, 11) is 0. The largest absolute Gasteiger partial charge is 0.455 e. The lowest BCUT2D eigenvalue weighted by Crippen LogP contribution is -2.09. The summed E-state index contributed by atoms with van der Waals surface area (Å²) in [4.78, 5) is 2.35. The first kappa shape index (κ1) is 30.5. The number of nitrogens with zero attached hydrogens (tertiary/aromatic N) is 1. The number of benzene rings is 10. The van der Waals surface area contributed by atoms with E-state index in [2.05, 4.69) is 193 Å². The molecule has 0 fully saturated rings. The van der Waals surface area contributed by atoms with Crippen LogP contribution < -0.4 is 4.90 Å².